The van der Waals surface area contributed by atoms with Gasteiger partial charge < -0.3 is 9.47 Å². The first-order valence-electron chi connectivity index (χ1n) is 11.1. The maximum absolute atomic E-state index is 13.2. The van der Waals surface area contributed by atoms with Crippen LogP contribution in [0, 0.1) is 19.3 Å². The van der Waals surface area contributed by atoms with Gasteiger partial charge in [-0.2, -0.15) is 0 Å². The number of sulfone groups is 2. The van der Waals surface area contributed by atoms with E-state index in [0.717, 1.165) is 36.2 Å². The normalized spacial score (nSPS) is 18.1. The average molecular weight is 533 g/mol. The minimum atomic E-state index is -4.05. The van der Waals surface area contributed by atoms with Crippen LogP contribution in [0.3, 0.4) is 0 Å². The second-order valence-electron chi connectivity index (χ2n) is 8.74. The molecule has 36 heavy (non-hydrogen) atoms. The molecule has 0 aromatic heterocycles. The van der Waals surface area contributed by atoms with Gasteiger partial charge in [0.05, 0.1) is 24.0 Å². The van der Waals surface area contributed by atoms with Crippen molar-refractivity contribution in [2.24, 2.45) is 5.41 Å². The van der Waals surface area contributed by atoms with E-state index in [2.05, 4.69) is 0 Å². The zero-order valence-corrected chi connectivity index (χ0v) is 22.1. The van der Waals surface area contributed by atoms with E-state index in [9.17, 15) is 26.4 Å². The van der Waals surface area contributed by atoms with E-state index in [1.54, 1.807) is 24.3 Å². The highest BCUT2D eigenvalue weighted by Crippen LogP contribution is 2.45. The summed E-state index contributed by atoms with van der Waals surface area (Å²) in [6.45, 7) is 3.64. The molecule has 0 aliphatic heterocycles. The van der Waals surface area contributed by atoms with Crippen molar-refractivity contribution in [1.82, 2.24) is 0 Å². The number of esters is 2. The molecule has 10 heteroatoms. The summed E-state index contributed by atoms with van der Waals surface area (Å²) in [5.41, 5.74) is 0.149. The second-order valence-corrected chi connectivity index (χ2v) is 12.3. The van der Waals surface area contributed by atoms with Gasteiger partial charge in [0.25, 0.3) is 0 Å². The van der Waals surface area contributed by atoms with E-state index in [0.29, 0.717) is 0 Å². The first-order valence-corrected chi connectivity index (χ1v) is 14.2. The average Bonchev–Trinajstić information content (AvgIpc) is 2.84. The topological polar surface area (TPSA) is 121 Å². The van der Waals surface area contributed by atoms with Gasteiger partial charge in [-0.1, -0.05) is 35.4 Å². The Bertz CT molecular complexity index is 1410. The van der Waals surface area contributed by atoms with E-state index in [-0.39, 0.29) is 33.8 Å². The van der Waals surface area contributed by atoms with Gasteiger partial charge in [0.1, 0.15) is 0 Å². The van der Waals surface area contributed by atoms with E-state index in [1.165, 1.54) is 24.3 Å². The highest BCUT2D eigenvalue weighted by molar-refractivity contribution is 7.94. The fourth-order valence-corrected chi connectivity index (χ4v) is 6.63. The first kappa shape index (κ1) is 27.3. The number of carbonyl (C=O) groups excluding carboxylic acids is 2. The minimum Gasteiger partial charge on any atom is -0.468 e. The Labute approximate surface area is 211 Å². The third-order valence-corrected chi connectivity index (χ3v) is 9.22. The number of hydrogen-bond acceptors (Lipinski definition) is 8. The maximum atomic E-state index is 13.2. The fraction of sp³-hybridized carbons (Fsp3) is 0.308. The molecule has 0 heterocycles. The summed E-state index contributed by atoms with van der Waals surface area (Å²) in [7, 11) is -5.77. The predicted molar refractivity (Wildman–Crippen MR) is 133 cm³/mol. The Balaban J connectivity index is 2.19. The second kappa shape index (κ2) is 10.4. The molecule has 0 atom stereocenters. The summed E-state index contributed by atoms with van der Waals surface area (Å²) in [5.74, 6) is -1.76. The quantitative estimate of drug-likeness (QED) is 0.407. The first-order chi connectivity index (χ1) is 16.8. The highest BCUT2D eigenvalue weighted by Gasteiger charge is 2.51. The van der Waals surface area contributed by atoms with E-state index >= 15 is 0 Å². The fourth-order valence-electron chi connectivity index (χ4n) is 4.08. The molecule has 0 unspecified atom stereocenters. The molecule has 3 rings (SSSR count). The van der Waals surface area contributed by atoms with Crippen molar-refractivity contribution in [2.75, 3.05) is 14.2 Å². The molecule has 0 amide bonds. The molecule has 1 aliphatic carbocycles. The Kier molecular flexibility index (Phi) is 7.90. The van der Waals surface area contributed by atoms with Crippen molar-refractivity contribution >= 4 is 31.6 Å². The highest BCUT2D eigenvalue weighted by atomic mass is 32.2. The molecule has 0 radical (unpaired) electrons. The van der Waals surface area contributed by atoms with E-state index in [4.69, 9.17) is 9.47 Å². The molecule has 0 bridgehead atoms. The molecule has 0 N–H and O–H groups in total. The van der Waals surface area contributed by atoms with Crippen LogP contribution in [-0.4, -0.2) is 43.0 Å². The number of benzene rings is 2. The lowest BCUT2D eigenvalue weighted by Gasteiger charge is -2.34. The molecule has 1 fully saturated rings. The third-order valence-electron chi connectivity index (χ3n) is 6.17. The van der Waals surface area contributed by atoms with Gasteiger partial charge in [0.2, 0.25) is 0 Å². The van der Waals surface area contributed by atoms with Crippen molar-refractivity contribution in [3.63, 3.8) is 0 Å². The van der Waals surface area contributed by atoms with Crippen LogP contribution < -0.4 is 0 Å². The lowest BCUT2D eigenvalue weighted by Crippen LogP contribution is -2.43. The molecule has 0 saturated heterocycles. The largest absolute Gasteiger partial charge is 0.468 e. The molecule has 1 saturated carbocycles. The SMILES string of the molecule is COC(=O)C1(C(=O)OC)CCC(=C\S(=O)(=O)c2ccc(C)cc2)/C(=C/S(=O)(=O)c2ccc(C)cc2)C1. The molecule has 0 spiro atoms. The van der Waals surface area contributed by atoms with E-state index in [1.807, 2.05) is 13.8 Å². The van der Waals surface area contributed by atoms with E-state index < -0.39 is 43.4 Å². The van der Waals surface area contributed by atoms with Gasteiger partial charge in [-0.3, -0.25) is 9.59 Å². The summed E-state index contributed by atoms with van der Waals surface area (Å²) in [6, 6.07) is 12.4. The number of hydrogen-bond donors (Lipinski definition) is 0. The smallest absolute Gasteiger partial charge is 0.323 e. The molecule has 2 aromatic rings. The van der Waals surface area contributed by atoms with Gasteiger partial charge >= 0.3 is 11.9 Å². The van der Waals surface area contributed by atoms with Crippen LogP contribution in [0.4, 0.5) is 0 Å². The lowest BCUT2D eigenvalue weighted by atomic mass is 9.70. The van der Waals surface area contributed by atoms with Crippen molar-refractivity contribution in [3.8, 4) is 0 Å². The van der Waals surface area contributed by atoms with Gasteiger partial charge in [-0.05, 0) is 62.1 Å². The Hall–Kier alpha value is -3.24. The van der Waals surface area contributed by atoms with Crippen LogP contribution in [0.1, 0.15) is 30.4 Å². The number of allylic oxidation sites excluding steroid dienone is 2. The third kappa shape index (κ3) is 5.60. The van der Waals surface area contributed by atoms with Crippen LogP contribution in [0.2, 0.25) is 0 Å². The van der Waals surface area contributed by atoms with Gasteiger partial charge in [0, 0.05) is 17.2 Å². The van der Waals surface area contributed by atoms with Gasteiger partial charge in [-0.25, -0.2) is 16.8 Å². The van der Waals surface area contributed by atoms with Gasteiger partial charge in [-0.15, -0.1) is 0 Å². The zero-order valence-electron chi connectivity index (χ0n) is 20.5. The number of carbonyl (C=O) groups is 2. The van der Waals surface area contributed by atoms with Crippen molar-refractivity contribution in [3.05, 3.63) is 81.6 Å². The standard InChI is InChI=1S/C26H28O8S2/c1-18-5-9-22(10-6-18)35(29,30)16-20-13-14-26(24(27)33-3,25(28)34-4)15-21(20)17-36(31,32)23-11-7-19(2)8-12-23/h5-12,16-17H,13-15H2,1-4H3/b20-16+,21-17+. The Morgan fingerprint density at radius 2 is 1.11 bits per heavy atom. The summed E-state index contributed by atoms with van der Waals surface area (Å²) in [6.07, 6.45) is -0.569. The summed E-state index contributed by atoms with van der Waals surface area (Å²) in [5, 5.41) is 1.93. The van der Waals surface area contributed by atoms with Crippen LogP contribution in [0.5, 0.6) is 0 Å². The molecule has 192 valence electrons. The maximum Gasteiger partial charge on any atom is 0.323 e. The summed E-state index contributed by atoms with van der Waals surface area (Å²) < 4.78 is 62.4. The number of ether oxygens (including phenoxy) is 2. The monoisotopic (exact) mass is 532 g/mol. The zero-order chi connectivity index (χ0) is 26.7. The van der Waals surface area contributed by atoms with Crippen molar-refractivity contribution in [1.29, 1.82) is 0 Å². The minimum absolute atomic E-state index is 0.00588. The Morgan fingerprint density at radius 1 is 0.722 bits per heavy atom. The van der Waals surface area contributed by atoms with Crippen LogP contribution >= 0.6 is 0 Å². The van der Waals surface area contributed by atoms with Crippen LogP contribution in [0.15, 0.2) is 80.3 Å². The predicted octanol–water partition coefficient (Wildman–Crippen LogP) is 3.84. The number of methoxy groups -OCH3 is 2. The number of aryl methyl sites for hydroxylation is 2. The number of rotatable bonds is 6. The molecule has 8 nitrogen and oxygen atoms in total. The molecule has 1 aliphatic rings. The molecule has 2 aromatic carbocycles. The Morgan fingerprint density at radius 3 is 1.50 bits per heavy atom. The van der Waals surface area contributed by atoms with Crippen molar-refractivity contribution < 1.29 is 35.9 Å². The lowest BCUT2D eigenvalue weighted by molar-refractivity contribution is -0.170. The van der Waals surface area contributed by atoms with Crippen molar-refractivity contribution in [2.45, 2.75) is 42.9 Å². The summed E-state index contributed by atoms with van der Waals surface area (Å²) in [4.78, 5) is 25.5. The van der Waals surface area contributed by atoms with Gasteiger partial charge in [0.15, 0.2) is 25.1 Å². The van der Waals surface area contributed by atoms with Crippen LogP contribution in [0.25, 0.3) is 0 Å². The summed E-state index contributed by atoms with van der Waals surface area (Å²) >= 11 is 0. The van der Waals surface area contributed by atoms with Crippen LogP contribution in [-0.2, 0) is 38.7 Å². The molecular formula is C26H28O8S2. The molecular weight excluding hydrogens is 504 g/mol.